The van der Waals surface area contributed by atoms with Gasteiger partial charge in [-0.1, -0.05) is 13.8 Å². The van der Waals surface area contributed by atoms with Gasteiger partial charge in [-0.15, -0.1) is 0 Å². The van der Waals surface area contributed by atoms with Gasteiger partial charge in [-0.05, 0) is 11.2 Å². The fourth-order valence-corrected chi connectivity index (χ4v) is 1.05. The molecule has 0 aliphatic carbocycles. The van der Waals surface area contributed by atoms with Gasteiger partial charge < -0.3 is 12.0 Å². The van der Waals surface area contributed by atoms with Crippen LogP contribution in [0.5, 0.6) is 0 Å². The molecule has 4 heteroatoms. The molecule has 0 aliphatic rings. The fourth-order valence-electron chi connectivity index (χ4n) is 1.05. The van der Waals surface area contributed by atoms with Crippen LogP contribution in [0.25, 0.3) is 0 Å². The summed E-state index contributed by atoms with van der Waals surface area (Å²) in [5, 5.41) is 9.30. The Morgan fingerprint density at radius 1 is 1.22 bits per heavy atom. The number of rotatable bonds is 1. The Morgan fingerprint density at radius 3 is 2.00 bits per heavy atom. The standard InChI is InChI=1S/C7H9N2O.C7H7.Y/c1-7(2,10)6-3-8-5-9-4-6;1-7-5-3-2-4-6-7;/h3-5,10H,1H2,2H3;3-6H,1H3;/q2*-1;. The first-order chi connectivity index (χ1) is 8.00. The Kier molecular flexibility index (Phi) is 8.16. The molecule has 0 amide bonds. The van der Waals surface area contributed by atoms with Crippen molar-refractivity contribution < 1.29 is 37.8 Å². The molecule has 1 aromatic carbocycles. The van der Waals surface area contributed by atoms with Crippen molar-refractivity contribution in [2.75, 3.05) is 0 Å². The van der Waals surface area contributed by atoms with E-state index in [4.69, 9.17) is 0 Å². The Hall–Kier alpha value is -0.636. The average molecular weight is 317 g/mol. The number of aryl methyl sites for hydroxylation is 1. The Bertz CT molecular complexity index is 427. The molecule has 0 spiro atoms. The average Bonchev–Trinajstić information content (AvgIpc) is 2.31. The molecule has 3 nitrogen and oxygen atoms in total. The van der Waals surface area contributed by atoms with Crippen LogP contribution in [0.15, 0.2) is 43.0 Å². The minimum absolute atomic E-state index is 0. The third-order valence-electron chi connectivity index (χ3n) is 2.07. The van der Waals surface area contributed by atoms with Crippen LogP contribution >= 0.6 is 0 Å². The predicted molar refractivity (Wildman–Crippen MR) is 67.0 cm³/mol. The van der Waals surface area contributed by atoms with Gasteiger partial charge in [-0.2, -0.15) is 35.9 Å². The maximum Gasteiger partial charge on any atom is 0.115 e. The number of hydrogen-bond donors (Lipinski definition) is 1. The van der Waals surface area contributed by atoms with E-state index < -0.39 is 5.60 Å². The summed E-state index contributed by atoms with van der Waals surface area (Å²) in [7, 11) is 0. The Morgan fingerprint density at radius 2 is 1.72 bits per heavy atom. The Labute approximate surface area is 134 Å². The minimum Gasteiger partial charge on any atom is -0.418 e. The van der Waals surface area contributed by atoms with Crippen LogP contribution in [0.4, 0.5) is 0 Å². The molecule has 2 aromatic rings. The van der Waals surface area contributed by atoms with Crippen LogP contribution in [0.2, 0.25) is 0 Å². The molecule has 0 saturated heterocycles. The zero-order chi connectivity index (χ0) is 12.7. The van der Waals surface area contributed by atoms with Crippen LogP contribution in [-0.4, -0.2) is 15.1 Å². The predicted octanol–water partition coefficient (Wildman–Crippen LogP) is 2.31. The van der Waals surface area contributed by atoms with Crippen LogP contribution in [0.1, 0.15) is 18.1 Å². The van der Waals surface area contributed by atoms with E-state index in [1.807, 2.05) is 24.3 Å². The second kappa shape index (κ2) is 8.46. The molecular weight excluding hydrogens is 301 g/mol. The zero-order valence-electron chi connectivity index (χ0n) is 10.7. The van der Waals surface area contributed by atoms with Crippen molar-refractivity contribution in [1.29, 1.82) is 0 Å². The van der Waals surface area contributed by atoms with Crippen LogP contribution < -0.4 is 0 Å². The monoisotopic (exact) mass is 317 g/mol. The first-order valence-electron chi connectivity index (χ1n) is 5.26. The summed E-state index contributed by atoms with van der Waals surface area (Å²) in [5.74, 6) is 0. The number of benzene rings is 1. The van der Waals surface area contributed by atoms with E-state index in [1.54, 1.807) is 19.3 Å². The first kappa shape index (κ1) is 17.4. The molecule has 0 bridgehead atoms. The molecule has 1 N–H and O–H groups in total. The molecule has 0 saturated carbocycles. The van der Waals surface area contributed by atoms with E-state index in [0.717, 1.165) is 0 Å². The second-order valence-electron chi connectivity index (χ2n) is 3.98. The van der Waals surface area contributed by atoms with Gasteiger partial charge in [0.05, 0.1) is 0 Å². The third-order valence-corrected chi connectivity index (χ3v) is 2.07. The summed E-state index contributed by atoms with van der Waals surface area (Å²) in [6, 6.07) is 10.8. The summed E-state index contributed by atoms with van der Waals surface area (Å²) >= 11 is 0. The molecule has 1 aromatic heterocycles. The number of aliphatic hydroxyl groups is 1. The minimum atomic E-state index is -1.08. The SMILES string of the molecule is Cc1cc[c-]cc1.[CH2-]C(C)(O)c1cncnc1.[Y]. The van der Waals surface area contributed by atoms with Crippen molar-refractivity contribution in [2.24, 2.45) is 0 Å². The van der Waals surface area contributed by atoms with Crippen LogP contribution in [-0.2, 0) is 38.3 Å². The van der Waals surface area contributed by atoms with Crippen molar-refractivity contribution >= 4 is 0 Å². The molecular formula is C14H16N2OY-2. The van der Waals surface area contributed by atoms with Crippen molar-refractivity contribution in [3.05, 3.63) is 67.1 Å². The summed E-state index contributed by atoms with van der Waals surface area (Å²) in [6.07, 6.45) is 4.50. The largest absolute Gasteiger partial charge is 0.418 e. The van der Waals surface area contributed by atoms with E-state index in [-0.39, 0.29) is 32.7 Å². The van der Waals surface area contributed by atoms with E-state index in [9.17, 15) is 5.11 Å². The van der Waals surface area contributed by atoms with E-state index in [1.165, 1.54) is 11.9 Å². The topological polar surface area (TPSA) is 46.0 Å². The van der Waals surface area contributed by atoms with Gasteiger partial charge in [0.2, 0.25) is 0 Å². The molecule has 1 unspecified atom stereocenters. The maximum atomic E-state index is 9.30. The van der Waals surface area contributed by atoms with Crippen LogP contribution in [0, 0.1) is 19.9 Å². The second-order valence-corrected chi connectivity index (χ2v) is 3.98. The van der Waals surface area contributed by atoms with Gasteiger partial charge in [-0.25, -0.2) is 9.97 Å². The smallest absolute Gasteiger partial charge is 0.115 e. The molecule has 93 valence electrons. The summed E-state index contributed by atoms with van der Waals surface area (Å²) in [4.78, 5) is 7.48. The zero-order valence-corrected chi connectivity index (χ0v) is 13.5. The van der Waals surface area contributed by atoms with E-state index in [0.29, 0.717) is 5.56 Å². The summed E-state index contributed by atoms with van der Waals surface area (Å²) < 4.78 is 0. The number of hydrogen-bond acceptors (Lipinski definition) is 3. The molecule has 0 aliphatic heterocycles. The number of nitrogens with zero attached hydrogens (tertiary/aromatic N) is 2. The van der Waals surface area contributed by atoms with Crippen molar-refractivity contribution in [2.45, 2.75) is 19.4 Å². The fraction of sp³-hybridized carbons (Fsp3) is 0.214. The molecule has 0 fully saturated rings. The quantitative estimate of drug-likeness (QED) is 0.821. The molecule has 2 rings (SSSR count). The van der Waals surface area contributed by atoms with Gasteiger partial charge in [0.1, 0.15) is 6.33 Å². The third kappa shape index (κ3) is 6.95. The maximum absolute atomic E-state index is 9.30. The van der Waals surface area contributed by atoms with Gasteiger partial charge >= 0.3 is 0 Å². The molecule has 1 heterocycles. The van der Waals surface area contributed by atoms with E-state index >= 15 is 0 Å². The Balaban J connectivity index is 0.000000321. The summed E-state index contributed by atoms with van der Waals surface area (Å²) in [6.45, 7) is 7.17. The molecule has 18 heavy (non-hydrogen) atoms. The van der Waals surface area contributed by atoms with Gasteiger partial charge in [0.25, 0.3) is 0 Å². The number of aromatic nitrogens is 2. The molecule has 1 radical (unpaired) electrons. The van der Waals surface area contributed by atoms with Crippen molar-refractivity contribution in [3.63, 3.8) is 0 Å². The van der Waals surface area contributed by atoms with Crippen LogP contribution in [0.3, 0.4) is 0 Å². The van der Waals surface area contributed by atoms with Gasteiger partial charge in [-0.3, -0.25) is 0 Å². The normalized spacial score (nSPS) is 12.4. The van der Waals surface area contributed by atoms with Crippen molar-refractivity contribution in [1.82, 2.24) is 9.97 Å². The van der Waals surface area contributed by atoms with E-state index in [2.05, 4.69) is 29.9 Å². The van der Waals surface area contributed by atoms with Crippen molar-refractivity contribution in [3.8, 4) is 0 Å². The van der Waals surface area contributed by atoms with Gasteiger partial charge in [0.15, 0.2) is 0 Å². The van der Waals surface area contributed by atoms with Gasteiger partial charge in [0, 0.05) is 45.1 Å². The molecule has 1 atom stereocenters. The first-order valence-corrected chi connectivity index (χ1v) is 5.26. The summed E-state index contributed by atoms with van der Waals surface area (Å²) in [5.41, 5.74) is 0.829.